The van der Waals surface area contributed by atoms with E-state index in [2.05, 4.69) is 11.8 Å². The summed E-state index contributed by atoms with van der Waals surface area (Å²) in [6, 6.07) is 7.59. The molecule has 0 spiro atoms. The fraction of sp³-hybridized carbons (Fsp3) is 0.357. The van der Waals surface area contributed by atoms with Gasteiger partial charge in [0.25, 0.3) is 0 Å². The highest BCUT2D eigenvalue weighted by Gasteiger charge is 1.99. The summed E-state index contributed by atoms with van der Waals surface area (Å²) in [5.41, 5.74) is 1.84. The molecule has 0 unspecified atom stereocenters. The fourth-order valence-electron chi connectivity index (χ4n) is 1.40. The Kier molecular flexibility index (Phi) is 5.84. The molecule has 0 heterocycles. The summed E-state index contributed by atoms with van der Waals surface area (Å²) < 4.78 is 4.78. The summed E-state index contributed by atoms with van der Waals surface area (Å²) in [7, 11) is 0. The molecule has 17 heavy (non-hydrogen) atoms. The van der Waals surface area contributed by atoms with Gasteiger partial charge >= 0.3 is 5.97 Å². The van der Waals surface area contributed by atoms with E-state index in [1.54, 1.807) is 6.92 Å². The van der Waals surface area contributed by atoms with Crippen molar-refractivity contribution in [2.75, 3.05) is 13.2 Å². The second-order valence-electron chi connectivity index (χ2n) is 3.41. The smallest absolute Gasteiger partial charge is 0.317 e. The van der Waals surface area contributed by atoms with Gasteiger partial charge in [0.15, 0.2) is 0 Å². The van der Waals surface area contributed by atoms with E-state index in [-0.39, 0.29) is 19.0 Å². The first kappa shape index (κ1) is 13.3. The van der Waals surface area contributed by atoms with Gasteiger partial charge in [-0.1, -0.05) is 30.0 Å². The molecule has 90 valence electrons. The average Bonchev–Trinajstić information content (AvgIpc) is 2.32. The van der Waals surface area contributed by atoms with Crippen LogP contribution in [-0.4, -0.2) is 24.3 Å². The van der Waals surface area contributed by atoms with Crippen molar-refractivity contribution in [1.29, 1.82) is 0 Å². The third-order valence-corrected chi connectivity index (χ3v) is 2.16. The first-order valence-corrected chi connectivity index (χ1v) is 5.61. The normalized spacial score (nSPS) is 9.29. The molecule has 0 radical (unpaired) electrons. The summed E-state index contributed by atoms with van der Waals surface area (Å²) >= 11 is 0. The van der Waals surface area contributed by atoms with E-state index in [4.69, 9.17) is 9.84 Å². The van der Waals surface area contributed by atoms with E-state index in [9.17, 15) is 4.79 Å². The van der Waals surface area contributed by atoms with Crippen LogP contribution in [0.15, 0.2) is 24.3 Å². The zero-order chi connectivity index (χ0) is 12.5. The highest BCUT2D eigenvalue weighted by molar-refractivity contribution is 5.72. The molecule has 1 rings (SSSR count). The molecular weight excluding hydrogens is 216 g/mol. The Morgan fingerprint density at radius 1 is 1.41 bits per heavy atom. The maximum Gasteiger partial charge on any atom is 0.317 e. The van der Waals surface area contributed by atoms with Crippen LogP contribution >= 0.6 is 0 Å². The molecule has 0 aromatic heterocycles. The van der Waals surface area contributed by atoms with Crippen LogP contribution in [0.5, 0.6) is 0 Å². The van der Waals surface area contributed by atoms with Gasteiger partial charge in [0.1, 0.15) is 6.42 Å². The molecule has 0 aliphatic carbocycles. The van der Waals surface area contributed by atoms with Crippen LogP contribution in [-0.2, 0) is 16.0 Å². The maximum absolute atomic E-state index is 11.1. The number of aliphatic hydroxyl groups excluding tert-OH is 1. The fourth-order valence-corrected chi connectivity index (χ4v) is 1.40. The number of aliphatic hydroxyl groups is 1. The van der Waals surface area contributed by atoms with E-state index in [0.29, 0.717) is 13.0 Å². The Hall–Kier alpha value is -1.79. The molecule has 0 bridgehead atoms. The van der Waals surface area contributed by atoms with Crippen molar-refractivity contribution in [2.24, 2.45) is 0 Å². The predicted molar refractivity (Wildman–Crippen MR) is 65.4 cm³/mol. The second kappa shape index (κ2) is 7.48. The summed E-state index contributed by atoms with van der Waals surface area (Å²) in [6.45, 7) is 2.24. The predicted octanol–water partition coefficient (Wildman–Crippen LogP) is 1.53. The lowest BCUT2D eigenvalue weighted by molar-refractivity contribution is -0.141. The molecule has 0 aliphatic heterocycles. The molecule has 0 saturated carbocycles. The molecule has 1 aromatic carbocycles. The lowest BCUT2D eigenvalue weighted by atomic mass is 10.1. The summed E-state index contributed by atoms with van der Waals surface area (Å²) in [5.74, 6) is 5.40. The quantitative estimate of drug-likeness (QED) is 0.632. The number of benzene rings is 1. The number of esters is 1. The minimum atomic E-state index is -0.306. The highest BCUT2D eigenvalue weighted by atomic mass is 16.5. The van der Waals surface area contributed by atoms with Gasteiger partial charge in [-0.05, 0) is 25.0 Å². The van der Waals surface area contributed by atoms with E-state index in [0.717, 1.165) is 11.1 Å². The van der Waals surface area contributed by atoms with Gasteiger partial charge < -0.3 is 9.84 Å². The van der Waals surface area contributed by atoms with Crippen molar-refractivity contribution < 1.29 is 14.6 Å². The van der Waals surface area contributed by atoms with Crippen molar-refractivity contribution >= 4 is 5.97 Å². The third-order valence-electron chi connectivity index (χ3n) is 2.16. The number of ether oxygens (including phenoxy) is 1. The summed E-state index contributed by atoms with van der Waals surface area (Å²) in [5, 5.41) is 8.91. The van der Waals surface area contributed by atoms with Gasteiger partial charge in [0.05, 0.1) is 6.61 Å². The first-order valence-electron chi connectivity index (χ1n) is 5.61. The van der Waals surface area contributed by atoms with E-state index < -0.39 is 0 Å². The van der Waals surface area contributed by atoms with E-state index in [1.165, 1.54) is 0 Å². The minimum absolute atomic E-state index is 0.0938. The van der Waals surface area contributed by atoms with Crippen LogP contribution in [0.25, 0.3) is 0 Å². The molecule has 0 aliphatic rings. The van der Waals surface area contributed by atoms with E-state index in [1.807, 2.05) is 24.3 Å². The first-order chi connectivity index (χ1) is 8.27. The molecule has 1 N–H and O–H groups in total. The monoisotopic (exact) mass is 232 g/mol. The lowest BCUT2D eigenvalue weighted by Gasteiger charge is -2.01. The number of carbonyl (C=O) groups is 1. The zero-order valence-corrected chi connectivity index (χ0v) is 9.90. The van der Waals surface area contributed by atoms with Crippen molar-refractivity contribution in [2.45, 2.75) is 19.8 Å². The Labute approximate surface area is 101 Å². The van der Waals surface area contributed by atoms with Crippen LogP contribution in [0.3, 0.4) is 0 Å². The van der Waals surface area contributed by atoms with E-state index >= 15 is 0 Å². The second-order valence-corrected chi connectivity index (χ2v) is 3.41. The van der Waals surface area contributed by atoms with Crippen molar-refractivity contribution in [3.63, 3.8) is 0 Å². The largest absolute Gasteiger partial charge is 0.465 e. The van der Waals surface area contributed by atoms with Crippen LogP contribution in [0, 0.1) is 11.8 Å². The van der Waals surface area contributed by atoms with Crippen molar-refractivity contribution in [3.05, 3.63) is 35.4 Å². The van der Waals surface area contributed by atoms with Crippen molar-refractivity contribution in [3.8, 4) is 11.8 Å². The molecule has 0 fully saturated rings. The molecule has 0 amide bonds. The summed E-state index contributed by atoms with van der Waals surface area (Å²) in [6.07, 6.45) is 0.672. The van der Waals surface area contributed by atoms with Crippen LogP contribution in [0.1, 0.15) is 24.5 Å². The molecule has 0 atom stereocenters. The molecule has 3 heteroatoms. The highest BCUT2D eigenvalue weighted by Crippen LogP contribution is 2.07. The topological polar surface area (TPSA) is 46.5 Å². The standard InChI is InChI=1S/C14H16O3/c1-2-17-14(16)9-5-8-12-6-3-4-7-13(12)10-11-15/h3-4,6-7,15H,2,9-11H2,1H3. The Morgan fingerprint density at radius 2 is 2.18 bits per heavy atom. The van der Waals surface area contributed by atoms with Crippen molar-refractivity contribution in [1.82, 2.24) is 0 Å². The zero-order valence-electron chi connectivity index (χ0n) is 9.90. The maximum atomic E-state index is 11.1. The number of rotatable bonds is 4. The number of hydrogen-bond acceptors (Lipinski definition) is 3. The Bertz CT molecular complexity index is 427. The molecular formula is C14H16O3. The molecule has 0 saturated heterocycles. The molecule has 1 aromatic rings. The minimum Gasteiger partial charge on any atom is -0.465 e. The Morgan fingerprint density at radius 3 is 2.88 bits per heavy atom. The van der Waals surface area contributed by atoms with Gasteiger partial charge in [-0.3, -0.25) is 4.79 Å². The van der Waals surface area contributed by atoms with Gasteiger partial charge in [-0.25, -0.2) is 0 Å². The van der Waals surface area contributed by atoms with Crippen LogP contribution in [0.2, 0.25) is 0 Å². The SMILES string of the molecule is CCOC(=O)CC#Cc1ccccc1CCO. The average molecular weight is 232 g/mol. The Balaban J connectivity index is 2.67. The van der Waals surface area contributed by atoms with Gasteiger partial charge in [0, 0.05) is 12.2 Å². The van der Waals surface area contributed by atoms with Gasteiger partial charge in [-0.15, -0.1) is 0 Å². The number of hydrogen-bond donors (Lipinski definition) is 1. The van der Waals surface area contributed by atoms with Gasteiger partial charge in [-0.2, -0.15) is 0 Å². The van der Waals surface area contributed by atoms with Crippen LogP contribution < -0.4 is 0 Å². The van der Waals surface area contributed by atoms with Gasteiger partial charge in [0.2, 0.25) is 0 Å². The number of carbonyl (C=O) groups excluding carboxylic acids is 1. The van der Waals surface area contributed by atoms with Crippen LogP contribution in [0.4, 0.5) is 0 Å². The third kappa shape index (κ3) is 4.71. The summed E-state index contributed by atoms with van der Waals surface area (Å²) in [4.78, 5) is 11.1. The molecule has 3 nitrogen and oxygen atoms in total. The lowest BCUT2D eigenvalue weighted by Crippen LogP contribution is -2.01.